The lowest BCUT2D eigenvalue weighted by molar-refractivity contribution is -0.137. The molecule has 0 bridgehead atoms. The molecule has 0 radical (unpaired) electrons. The van der Waals surface area contributed by atoms with E-state index in [4.69, 9.17) is 15.3 Å². The Balaban J connectivity index is 1.81. The molecule has 10 heteroatoms. The van der Waals surface area contributed by atoms with Crippen molar-refractivity contribution in [3.05, 3.63) is 65.2 Å². The van der Waals surface area contributed by atoms with Crippen molar-refractivity contribution in [1.82, 2.24) is 10.9 Å². The molecule has 2 aromatic rings. The van der Waals surface area contributed by atoms with Gasteiger partial charge in [0.2, 0.25) is 0 Å². The molecule has 0 spiro atoms. The Bertz CT molecular complexity index is 824. The van der Waals surface area contributed by atoms with Gasteiger partial charge in [0.1, 0.15) is 12.4 Å². The Morgan fingerprint density at radius 3 is 2.37 bits per heavy atom. The number of amidine groups is 1. The number of hydrazone groups is 1. The van der Waals surface area contributed by atoms with Gasteiger partial charge in [-0.2, -0.15) is 23.8 Å². The van der Waals surface area contributed by atoms with Crippen LogP contribution in [0, 0.1) is 0 Å². The minimum atomic E-state index is -4.35. The van der Waals surface area contributed by atoms with Crippen LogP contribution in [0.25, 0.3) is 0 Å². The highest BCUT2D eigenvalue weighted by Crippen LogP contribution is 2.29. The third-order valence-electron chi connectivity index (χ3n) is 4.03. The first-order valence-corrected chi connectivity index (χ1v) is 9.05. The summed E-state index contributed by atoms with van der Waals surface area (Å²) in [6.45, 7) is 5.63. The maximum atomic E-state index is 12.6. The van der Waals surface area contributed by atoms with Crippen LogP contribution in [0.4, 0.5) is 13.2 Å². The molecule has 1 unspecified atom stereocenters. The van der Waals surface area contributed by atoms with Crippen LogP contribution in [-0.2, 0) is 17.6 Å². The fourth-order valence-corrected chi connectivity index (χ4v) is 2.43. The Hall–Kier alpha value is -2.95. The molecule has 0 aliphatic heterocycles. The zero-order chi connectivity index (χ0) is 22.0. The number of hydroxylamine groups is 1. The van der Waals surface area contributed by atoms with Crippen molar-refractivity contribution in [3.63, 3.8) is 0 Å². The van der Waals surface area contributed by atoms with Gasteiger partial charge in [0.15, 0.2) is 5.84 Å². The van der Waals surface area contributed by atoms with Crippen molar-refractivity contribution in [2.24, 2.45) is 15.8 Å². The molecule has 0 saturated carbocycles. The fraction of sp³-hybridized carbons (Fsp3) is 0.300. The number of rotatable bonds is 10. The first-order chi connectivity index (χ1) is 14.3. The number of alkyl halides is 3. The molecule has 0 saturated heterocycles. The van der Waals surface area contributed by atoms with Crippen LogP contribution in [0.1, 0.15) is 29.7 Å². The molecule has 0 aromatic heterocycles. The zero-order valence-corrected chi connectivity index (χ0v) is 16.4. The standard InChI is InChI=1S/C20H24F3N5O2/c1-14(28-30-11-15-3-7-17(8-4-15)20(21,22)23)16-5-9-18(10-6-16)29-12-19(26-13-24)27-25-2/h3-10,14,28H,2,11-13,24H2,1H3,(H,26,27). The van der Waals surface area contributed by atoms with E-state index in [1.54, 1.807) is 12.1 Å². The quantitative estimate of drug-likeness (QED) is 0.310. The van der Waals surface area contributed by atoms with Gasteiger partial charge in [0.05, 0.1) is 24.9 Å². The topological polar surface area (TPSA) is 93.3 Å². The summed E-state index contributed by atoms with van der Waals surface area (Å²) in [5.41, 5.74) is 11.7. The number of ether oxygens (including phenoxy) is 1. The van der Waals surface area contributed by atoms with Crippen molar-refractivity contribution in [1.29, 1.82) is 0 Å². The van der Waals surface area contributed by atoms with E-state index in [1.165, 1.54) is 12.1 Å². The van der Waals surface area contributed by atoms with Crippen LogP contribution in [0.5, 0.6) is 5.75 Å². The number of nitrogens with zero attached hydrogens (tertiary/aromatic N) is 2. The van der Waals surface area contributed by atoms with E-state index in [-0.39, 0.29) is 25.9 Å². The van der Waals surface area contributed by atoms with Crippen molar-refractivity contribution in [3.8, 4) is 5.75 Å². The normalized spacial score (nSPS) is 13.0. The Morgan fingerprint density at radius 2 is 1.80 bits per heavy atom. The van der Waals surface area contributed by atoms with Crippen molar-refractivity contribution in [2.75, 3.05) is 13.3 Å². The molecule has 4 N–H and O–H groups in total. The second kappa shape index (κ2) is 11.3. The first kappa shape index (κ1) is 23.3. The second-order valence-electron chi connectivity index (χ2n) is 6.24. The highest BCUT2D eigenvalue weighted by atomic mass is 19.4. The summed E-state index contributed by atoms with van der Waals surface area (Å²) in [6.07, 6.45) is -4.35. The number of hydrogen-bond donors (Lipinski definition) is 3. The SMILES string of the molecule is C=NNC(COc1ccc(C(C)NOCc2ccc(C(F)(F)F)cc2)cc1)=NCN. The number of benzene rings is 2. The number of aliphatic imine (C=N–C) groups is 1. The average molecular weight is 423 g/mol. The van der Waals surface area contributed by atoms with E-state index >= 15 is 0 Å². The third kappa shape index (κ3) is 7.47. The summed E-state index contributed by atoms with van der Waals surface area (Å²) in [6, 6.07) is 12.0. The predicted molar refractivity (Wildman–Crippen MR) is 109 cm³/mol. The first-order valence-electron chi connectivity index (χ1n) is 9.05. The molecule has 2 rings (SSSR count). The van der Waals surface area contributed by atoms with Crippen LogP contribution in [0.3, 0.4) is 0 Å². The smallest absolute Gasteiger partial charge is 0.416 e. The number of nitrogens with two attached hydrogens (primary N) is 1. The summed E-state index contributed by atoms with van der Waals surface area (Å²) in [5.74, 6) is 1.09. The predicted octanol–water partition coefficient (Wildman–Crippen LogP) is 3.39. The maximum Gasteiger partial charge on any atom is 0.416 e. The molecule has 0 amide bonds. The van der Waals surface area contributed by atoms with Crippen molar-refractivity contribution in [2.45, 2.75) is 25.7 Å². The van der Waals surface area contributed by atoms with E-state index in [9.17, 15) is 13.2 Å². The van der Waals surface area contributed by atoms with Gasteiger partial charge in [-0.3, -0.25) is 15.3 Å². The Labute approximate surface area is 172 Å². The summed E-state index contributed by atoms with van der Waals surface area (Å²) < 4.78 is 43.3. The molecule has 0 aliphatic carbocycles. The molecule has 0 heterocycles. The van der Waals surface area contributed by atoms with E-state index < -0.39 is 11.7 Å². The summed E-state index contributed by atoms with van der Waals surface area (Å²) in [7, 11) is 0. The lowest BCUT2D eigenvalue weighted by atomic mass is 10.1. The summed E-state index contributed by atoms with van der Waals surface area (Å²) in [5, 5.41) is 3.53. The van der Waals surface area contributed by atoms with E-state index in [2.05, 4.69) is 27.7 Å². The molecule has 0 fully saturated rings. The summed E-state index contributed by atoms with van der Waals surface area (Å²) in [4.78, 5) is 9.40. The Morgan fingerprint density at radius 1 is 1.13 bits per heavy atom. The second-order valence-corrected chi connectivity index (χ2v) is 6.24. The molecule has 7 nitrogen and oxygen atoms in total. The van der Waals surface area contributed by atoms with E-state index in [0.29, 0.717) is 17.1 Å². The van der Waals surface area contributed by atoms with Gasteiger partial charge in [0, 0.05) is 6.72 Å². The van der Waals surface area contributed by atoms with Crippen LogP contribution in [0.15, 0.2) is 58.6 Å². The van der Waals surface area contributed by atoms with Crippen LogP contribution in [-0.4, -0.2) is 25.8 Å². The third-order valence-corrected chi connectivity index (χ3v) is 4.03. The average Bonchev–Trinajstić information content (AvgIpc) is 2.72. The zero-order valence-electron chi connectivity index (χ0n) is 16.4. The molecule has 1 atom stereocenters. The molecular formula is C20H24F3N5O2. The van der Waals surface area contributed by atoms with Crippen LogP contribution < -0.4 is 21.4 Å². The lowest BCUT2D eigenvalue weighted by Crippen LogP contribution is -2.26. The van der Waals surface area contributed by atoms with Gasteiger partial charge in [-0.1, -0.05) is 24.3 Å². The van der Waals surface area contributed by atoms with Gasteiger partial charge in [-0.05, 0) is 42.3 Å². The maximum absolute atomic E-state index is 12.6. The van der Waals surface area contributed by atoms with Crippen molar-refractivity contribution >= 4 is 12.6 Å². The number of nitrogens with one attached hydrogen (secondary N) is 2. The lowest BCUT2D eigenvalue weighted by Gasteiger charge is -2.15. The van der Waals surface area contributed by atoms with Gasteiger partial charge in [-0.25, -0.2) is 0 Å². The molecule has 30 heavy (non-hydrogen) atoms. The van der Waals surface area contributed by atoms with Gasteiger partial charge < -0.3 is 10.5 Å². The Kier molecular flexibility index (Phi) is 8.78. The highest BCUT2D eigenvalue weighted by Gasteiger charge is 2.29. The van der Waals surface area contributed by atoms with Crippen LogP contribution in [0.2, 0.25) is 0 Å². The van der Waals surface area contributed by atoms with Crippen LogP contribution >= 0.6 is 0 Å². The van der Waals surface area contributed by atoms with E-state index in [1.807, 2.05) is 19.1 Å². The molecule has 2 aromatic carbocycles. The van der Waals surface area contributed by atoms with Crippen molar-refractivity contribution < 1.29 is 22.7 Å². The minimum absolute atomic E-state index is 0.107. The molecule has 0 aliphatic rings. The highest BCUT2D eigenvalue weighted by molar-refractivity contribution is 5.83. The monoisotopic (exact) mass is 423 g/mol. The van der Waals surface area contributed by atoms with E-state index in [0.717, 1.165) is 17.7 Å². The number of halogens is 3. The molecular weight excluding hydrogens is 399 g/mol. The largest absolute Gasteiger partial charge is 0.486 e. The van der Waals surface area contributed by atoms with Gasteiger partial charge in [0.25, 0.3) is 0 Å². The number of hydrogen-bond acceptors (Lipinski definition) is 6. The van der Waals surface area contributed by atoms with Gasteiger partial charge in [-0.15, -0.1) is 0 Å². The molecule has 162 valence electrons. The van der Waals surface area contributed by atoms with Gasteiger partial charge >= 0.3 is 6.18 Å². The minimum Gasteiger partial charge on any atom is -0.486 e. The summed E-state index contributed by atoms with van der Waals surface area (Å²) >= 11 is 0. The fourth-order valence-electron chi connectivity index (χ4n) is 2.43.